The molecule has 2 nitrogen and oxygen atoms in total. The lowest BCUT2D eigenvalue weighted by Gasteiger charge is -2.03. The van der Waals surface area contributed by atoms with Gasteiger partial charge in [0.05, 0.1) is 0 Å². The van der Waals surface area contributed by atoms with Crippen molar-refractivity contribution < 1.29 is 9.90 Å². The summed E-state index contributed by atoms with van der Waals surface area (Å²) in [5.74, 6) is -0.697. The van der Waals surface area contributed by atoms with Gasteiger partial charge < -0.3 is 5.11 Å². The van der Waals surface area contributed by atoms with Crippen LogP contribution in [0.15, 0.2) is 11.1 Å². The number of hydrogen-bond donors (Lipinski definition) is 1. The number of carboxylic acids is 1. The molecule has 0 aliphatic carbocycles. The third-order valence-electron chi connectivity index (χ3n) is 2.20. The van der Waals surface area contributed by atoms with E-state index in [4.69, 9.17) is 5.11 Å². The highest BCUT2D eigenvalue weighted by atomic mass is 16.4. The van der Waals surface area contributed by atoms with Crippen LogP contribution >= 0.6 is 0 Å². The topological polar surface area (TPSA) is 37.3 Å². The molecule has 0 atom stereocenters. The van der Waals surface area contributed by atoms with E-state index in [-0.39, 0.29) is 6.42 Å². The minimum Gasteiger partial charge on any atom is -0.481 e. The quantitative estimate of drug-likeness (QED) is 0.644. The number of allylic oxidation sites excluding steroid dienone is 2. The summed E-state index contributed by atoms with van der Waals surface area (Å²) < 4.78 is 0. The summed E-state index contributed by atoms with van der Waals surface area (Å²) >= 11 is 0. The molecule has 1 N–H and O–H groups in total. The van der Waals surface area contributed by atoms with E-state index in [1.54, 1.807) is 0 Å². The summed E-state index contributed by atoms with van der Waals surface area (Å²) in [6.07, 6.45) is 3.04. The lowest BCUT2D eigenvalue weighted by molar-refractivity contribution is -0.137. The molecule has 0 rings (SSSR count). The summed E-state index contributed by atoms with van der Waals surface area (Å²) in [7, 11) is 0. The lowest BCUT2D eigenvalue weighted by atomic mass is 10.0. The molecule has 0 heterocycles. The monoisotopic (exact) mass is 170 g/mol. The molecule has 0 bridgehead atoms. The smallest absolute Gasteiger partial charge is 0.303 e. The van der Waals surface area contributed by atoms with Gasteiger partial charge in [0.1, 0.15) is 0 Å². The molecular weight excluding hydrogens is 152 g/mol. The Bertz CT molecular complexity index is 180. The molecule has 0 amide bonds. The van der Waals surface area contributed by atoms with Crippen LogP contribution < -0.4 is 0 Å². The van der Waals surface area contributed by atoms with Crippen molar-refractivity contribution in [2.24, 2.45) is 0 Å². The Morgan fingerprint density at radius 2 is 1.75 bits per heavy atom. The summed E-state index contributed by atoms with van der Waals surface area (Å²) in [5.41, 5.74) is 2.74. The van der Waals surface area contributed by atoms with Crippen molar-refractivity contribution in [3.05, 3.63) is 11.1 Å². The van der Waals surface area contributed by atoms with Crippen LogP contribution in [0.2, 0.25) is 0 Å². The summed E-state index contributed by atoms with van der Waals surface area (Å²) in [6, 6.07) is 0. The molecule has 0 radical (unpaired) electrons. The van der Waals surface area contributed by atoms with Gasteiger partial charge in [0.25, 0.3) is 0 Å². The fourth-order valence-electron chi connectivity index (χ4n) is 1.02. The maximum Gasteiger partial charge on any atom is 0.303 e. The Labute approximate surface area is 74.3 Å². The van der Waals surface area contributed by atoms with Gasteiger partial charge >= 0.3 is 5.97 Å². The first-order chi connectivity index (χ1) is 5.57. The van der Waals surface area contributed by atoms with Gasteiger partial charge in [-0.05, 0) is 33.1 Å². The number of rotatable bonds is 5. The number of carboxylic acid groups (broad SMARTS) is 1. The zero-order chi connectivity index (χ0) is 9.56. The molecule has 0 aromatic carbocycles. The Kier molecular flexibility index (Phi) is 5.43. The van der Waals surface area contributed by atoms with Gasteiger partial charge in [0.15, 0.2) is 0 Å². The molecule has 0 saturated carbocycles. The van der Waals surface area contributed by atoms with E-state index in [0.717, 1.165) is 19.3 Å². The average molecular weight is 170 g/mol. The van der Waals surface area contributed by atoms with Gasteiger partial charge in [-0.1, -0.05) is 18.1 Å². The second-order valence-corrected chi connectivity index (χ2v) is 3.16. The van der Waals surface area contributed by atoms with Gasteiger partial charge in [-0.15, -0.1) is 0 Å². The van der Waals surface area contributed by atoms with Gasteiger partial charge in [-0.3, -0.25) is 4.79 Å². The van der Waals surface area contributed by atoms with Crippen molar-refractivity contribution in [3.63, 3.8) is 0 Å². The summed E-state index contributed by atoms with van der Waals surface area (Å²) in [6.45, 7) is 6.31. The van der Waals surface area contributed by atoms with E-state index in [2.05, 4.69) is 20.8 Å². The van der Waals surface area contributed by atoms with Gasteiger partial charge in [-0.25, -0.2) is 0 Å². The van der Waals surface area contributed by atoms with E-state index in [1.165, 1.54) is 11.1 Å². The normalized spacial score (nSPS) is 12.6. The van der Waals surface area contributed by atoms with Crippen molar-refractivity contribution in [2.45, 2.75) is 46.5 Å². The maximum atomic E-state index is 10.2. The zero-order valence-electron chi connectivity index (χ0n) is 8.18. The van der Waals surface area contributed by atoms with Crippen LogP contribution in [0.3, 0.4) is 0 Å². The first kappa shape index (κ1) is 11.2. The molecule has 12 heavy (non-hydrogen) atoms. The van der Waals surface area contributed by atoms with E-state index in [1.807, 2.05) is 0 Å². The molecular formula is C10H18O2. The molecule has 0 aliphatic heterocycles. The predicted molar refractivity (Wildman–Crippen MR) is 50.2 cm³/mol. The molecule has 0 fully saturated rings. The third-order valence-corrected chi connectivity index (χ3v) is 2.20. The Morgan fingerprint density at radius 1 is 1.17 bits per heavy atom. The first-order valence-electron chi connectivity index (χ1n) is 4.45. The minimum absolute atomic E-state index is 0.286. The molecule has 0 aromatic rings. The van der Waals surface area contributed by atoms with Crippen LogP contribution in [-0.4, -0.2) is 11.1 Å². The maximum absolute atomic E-state index is 10.2. The zero-order valence-corrected chi connectivity index (χ0v) is 8.18. The van der Waals surface area contributed by atoms with Crippen molar-refractivity contribution in [1.82, 2.24) is 0 Å². The first-order valence-corrected chi connectivity index (χ1v) is 4.45. The van der Waals surface area contributed by atoms with Crippen LogP contribution in [0.5, 0.6) is 0 Å². The molecule has 0 unspecified atom stereocenters. The number of aliphatic carboxylic acids is 1. The second kappa shape index (κ2) is 5.81. The van der Waals surface area contributed by atoms with Crippen LogP contribution in [0.1, 0.15) is 46.5 Å². The largest absolute Gasteiger partial charge is 0.481 e. The standard InChI is InChI=1S/C10H18O2/c1-4-8(2)9(3)6-5-7-10(11)12/h4-7H2,1-3H3,(H,11,12)/b9-8+. The minimum atomic E-state index is -0.697. The second-order valence-electron chi connectivity index (χ2n) is 3.16. The van der Waals surface area contributed by atoms with Crippen molar-refractivity contribution in [3.8, 4) is 0 Å². The van der Waals surface area contributed by atoms with E-state index >= 15 is 0 Å². The van der Waals surface area contributed by atoms with Crippen molar-refractivity contribution in [1.29, 1.82) is 0 Å². The fraction of sp³-hybridized carbons (Fsp3) is 0.700. The molecule has 0 aliphatic rings. The molecule has 0 saturated heterocycles. The van der Waals surface area contributed by atoms with Crippen molar-refractivity contribution in [2.75, 3.05) is 0 Å². The SMILES string of the molecule is CC/C(C)=C(\C)CCCC(=O)O. The van der Waals surface area contributed by atoms with E-state index in [9.17, 15) is 4.79 Å². The number of carbonyl (C=O) groups is 1. The van der Waals surface area contributed by atoms with Gasteiger partial charge in [0.2, 0.25) is 0 Å². The number of hydrogen-bond acceptors (Lipinski definition) is 1. The van der Waals surface area contributed by atoms with Crippen LogP contribution in [-0.2, 0) is 4.79 Å². The van der Waals surface area contributed by atoms with E-state index in [0.29, 0.717) is 0 Å². The third kappa shape index (κ3) is 4.94. The Hall–Kier alpha value is -0.790. The molecule has 0 aromatic heterocycles. The Morgan fingerprint density at radius 3 is 2.17 bits per heavy atom. The lowest BCUT2D eigenvalue weighted by Crippen LogP contribution is -1.94. The predicted octanol–water partition coefficient (Wildman–Crippen LogP) is 2.99. The van der Waals surface area contributed by atoms with Gasteiger partial charge in [-0.2, -0.15) is 0 Å². The van der Waals surface area contributed by atoms with Crippen LogP contribution in [0.4, 0.5) is 0 Å². The molecule has 70 valence electrons. The van der Waals surface area contributed by atoms with Crippen molar-refractivity contribution >= 4 is 5.97 Å². The molecule has 2 heteroatoms. The highest BCUT2D eigenvalue weighted by Crippen LogP contribution is 2.13. The summed E-state index contributed by atoms with van der Waals surface area (Å²) in [5, 5.41) is 8.41. The Balaban J connectivity index is 3.71. The van der Waals surface area contributed by atoms with Gasteiger partial charge in [0, 0.05) is 6.42 Å². The van der Waals surface area contributed by atoms with E-state index < -0.39 is 5.97 Å². The molecule has 0 spiro atoms. The van der Waals surface area contributed by atoms with Crippen LogP contribution in [0, 0.1) is 0 Å². The summed E-state index contributed by atoms with van der Waals surface area (Å²) in [4.78, 5) is 10.2. The highest BCUT2D eigenvalue weighted by molar-refractivity contribution is 5.66. The highest BCUT2D eigenvalue weighted by Gasteiger charge is 1.98. The van der Waals surface area contributed by atoms with Crippen LogP contribution in [0.25, 0.3) is 0 Å². The fourth-order valence-corrected chi connectivity index (χ4v) is 1.02. The average Bonchev–Trinajstić information content (AvgIpc) is 2.02.